The van der Waals surface area contributed by atoms with Crippen molar-refractivity contribution in [1.82, 2.24) is 10.6 Å². The van der Waals surface area contributed by atoms with Gasteiger partial charge in [-0.25, -0.2) is 0 Å². The van der Waals surface area contributed by atoms with Crippen LogP contribution in [0.4, 0.5) is 0 Å². The summed E-state index contributed by atoms with van der Waals surface area (Å²) in [5, 5.41) is 7.59. The maximum absolute atomic E-state index is 12.3. The van der Waals surface area contributed by atoms with E-state index in [-0.39, 0.29) is 11.3 Å². The van der Waals surface area contributed by atoms with Crippen LogP contribution in [-0.2, 0) is 11.2 Å². The molecule has 0 bridgehead atoms. The molecule has 3 nitrogen and oxygen atoms in total. The van der Waals surface area contributed by atoms with Gasteiger partial charge in [0.05, 0.1) is 0 Å². The summed E-state index contributed by atoms with van der Waals surface area (Å²) < 4.78 is 0. The van der Waals surface area contributed by atoms with Gasteiger partial charge in [-0.3, -0.25) is 4.79 Å². The molecule has 0 unspecified atom stereocenters. The fourth-order valence-electron chi connectivity index (χ4n) is 2.45. The third kappa shape index (κ3) is 3.87. The van der Waals surface area contributed by atoms with Crippen molar-refractivity contribution in [2.24, 2.45) is 5.41 Å². The number of hydrogen-bond donors (Lipinski definition) is 2. The molecule has 5 heteroatoms. The minimum absolute atomic E-state index is 0.143. The Balaban J connectivity index is 1.84. The van der Waals surface area contributed by atoms with Gasteiger partial charge in [0.25, 0.3) is 0 Å². The number of carbonyl (C=O) groups excluding carboxylic acids is 1. The maximum atomic E-state index is 12.3. The Morgan fingerprint density at radius 1 is 1.35 bits per heavy atom. The quantitative estimate of drug-likeness (QED) is 0.897. The monoisotopic (exact) mass is 314 g/mol. The van der Waals surface area contributed by atoms with E-state index in [2.05, 4.69) is 10.6 Å². The van der Waals surface area contributed by atoms with Crippen molar-refractivity contribution in [2.75, 3.05) is 19.6 Å². The van der Waals surface area contributed by atoms with Crippen molar-refractivity contribution in [3.63, 3.8) is 0 Å². The molecule has 1 aromatic rings. The Bertz CT molecular complexity index is 485. The number of rotatable bonds is 4. The Morgan fingerprint density at radius 3 is 2.70 bits per heavy atom. The van der Waals surface area contributed by atoms with E-state index in [4.69, 9.17) is 23.2 Å². The molecule has 2 N–H and O–H groups in total. The summed E-state index contributed by atoms with van der Waals surface area (Å²) in [6, 6.07) is 5.45. The first-order valence-corrected chi connectivity index (χ1v) is 7.70. The van der Waals surface area contributed by atoms with Crippen molar-refractivity contribution >= 4 is 29.1 Å². The molecule has 110 valence electrons. The summed E-state index contributed by atoms with van der Waals surface area (Å²) in [6.45, 7) is 4.46. The van der Waals surface area contributed by atoms with E-state index in [9.17, 15) is 4.79 Å². The standard InChI is InChI=1S/C15H20Cl2N2O/c1-15(5-8-18-9-6-15)14(20)19-7-4-11-2-3-12(16)10-13(11)17/h2-3,10,18H,4-9H2,1H3,(H,19,20). The molecule has 0 atom stereocenters. The zero-order valence-corrected chi connectivity index (χ0v) is 13.2. The zero-order chi connectivity index (χ0) is 14.6. The first-order valence-electron chi connectivity index (χ1n) is 6.94. The molecular weight excluding hydrogens is 295 g/mol. The van der Waals surface area contributed by atoms with Gasteiger partial charge in [-0.2, -0.15) is 0 Å². The molecule has 0 radical (unpaired) electrons. The number of piperidine rings is 1. The molecule has 1 aliphatic heterocycles. The second-order valence-electron chi connectivity index (χ2n) is 5.55. The van der Waals surface area contributed by atoms with Gasteiger partial charge in [0.15, 0.2) is 0 Å². The highest BCUT2D eigenvalue weighted by Gasteiger charge is 2.34. The lowest BCUT2D eigenvalue weighted by Gasteiger charge is -2.32. The third-order valence-corrected chi connectivity index (χ3v) is 4.54. The Morgan fingerprint density at radius 2 is 2.05 bits per heavy atom. The van der Waals surface area contributed by atoms with Crippen LogP contribution in [0, 0.1) is 5.41 Å². The van der Waals surface area contributed by atoms with Gasteiger partial charge in [-0.05, 0) is 50.0 Å². The van der Waals surface area contributed by atoms with Crippen LogP contribution < -0.4 is 10.6 Å². The first-order chi connectivity index (χ1) is 9.51. The van der Waals surface area contributed by atoms with E-state index in [1.165, 1.54) is 0 Å². The van der Waals surface area contributed by atoms with Gasteiger partial charge in [-0.15, -0.1) is 0 Å². The molecule has 1 saturated heterocycles. The molecule has 0 spiro atoms. The van der Waals surface area contributed by atoms with Crippen LogP contribution in [-0.4, -0.2) is 25.5 Å². The van der Waals surface area contributed by atoms with Gasteiger partial charge in [-0.1, -0.05) is 36.2 Å². The van der Waals surface area contributed by atoms with Crippen LogP contribution in [0.5, 0.6) is 0 Å². The number of nitrogens with one attached hydrogen (secondary N) is 2. The lowest BCUT2D eigenvalue weighted by Crippen LogP contribution is -2.46. The molecular formula is C15H20Cl2N2O. The van der Waals surface area contributed by atoms with Crippen molar-refractivity contribution < 1.29 is 4.79 Å². The summed E-state index contributed by atoms with van der Waals surface area (Å²) >= 11 is 12.0. The van der Waals surface area contributed by atoms with E-state index in [0.717, 1.165) is 37.9 Å². The highest BCUT2D eigenvalue weighted by molar-refractivity contribution is 6.35. The van der Waals surface area contributed by atoms with E-state index in [1.54, 1.807) is 6.07 Å². The van der Waals surface area contributed by atoms with Crippen LogP contribution in [0.2, 0.25) is 10.0 Å². The van der Waals surface area contributed by atoms with Gasteiger partial charge in [0.2, 0.25) is 5.91 Å². The molecule has 0 aliphatic carbocycles. The van der Waals surface area contributed by atoms with E-state index in [0.29, 0.717) is 16.6 Å². The summed E-state index contributed by atoms with van der Waals surface area (Å²) in [4.78, 5) is 12.3. The van der Waals surface area contributed by atoms with Gasteiger partial charge in [0.1, 0.15) is 0 Å². The average molecular weight is 315 g/mol. The predicted molar refractivity (Wildman–Crippen MR) is 83.4 cm³/mol. The average Bonchev–Trinajstić information content (AvgIpc) is 2.42. The fraction of sp³-hybridized carbons (Fsp3) is 0.533. The van der Waals surface area contributed by atoms with Crippen LogP contribution >= 0.6 is 23.2 Å². The zero-order valence-electron chi connectivity index (χ0n) is 11.6. The maximum Gasteiger partial charge on any atom is 0.226 e. The number of benzene rings is 1. The van der Waals surface area contributed by atoms with Gasteiger partial charge < -0.3 is 10.6 Å². The van der Waals surface area contributed by atoms with E-state index >= 15 is 0 Å². The minimum atomic E-state index is -0.241. The normalized spacial score (nSPS) is 17.8. The molecule has 2 rings (SSSR count). The second-order valence-corrected chi connectivity index (χ2v) is 6.40. The SMILES string of the molecule is CC1(C(=O)NCCc2ccc(Cl)cc2Cl)CCNCC1. The Labute approximate surface area is 130 Å². The van der Waals surface area contributed by atoms with Crippen molar-refractivity contribution in [1.29, 1.82) is 0 Å². The number of hydrogen-bond acceptors (Lipinski definition) is 2. The molecule has 0 saturated carbocycles. The lowest BCUT2D eigenvalue weighted by molar-refractivity contribution is -0.131. The summed E-state index contributed by atoms with van der Waals surface area (Å²) in [5.74, 6) is 0.143. The second kappa shape index (κ2) is 6.79. The molecule has 1 fully saturated rings. The van der Waals surface area contributed by atoms with Crippen LogP contribution in [0.3, 0.4) is 0 Å². The van der Waals surface area contributed by atoms with Crippen LogP contribution in [0.15, 0.2) is 18.2 Å². The summed E-state index contributed by atoms with van der Waals surface area (Å²) in [5.41, 5.74) is 0.765. The first kappa shape index (κ1) is 15.6. The predicted octanol–water partition coefficient (Wildman–Crippen LogP) is 3.04. The molecule has 20 heavy (non-hydrogen) atoms. The van der Waals surface area contributed by atoms with E-state index < -0.39 is 0 Å². The largest absolute Gasteiger partial charge is 0.355 e. The van der Waals surface area contributed by atoms with Crippen molar-refractivity contribution in [3.8, 4) is 0 Å². The third-order valence-electron chi connectivity index (χ3n) is 3.95. The number of carbonyl (C=O) groups is 1. The number of amides is 1. The molecule has 1 aliphatic rings. The van der Waals surface area contributed by atoms with Gasteiger partial charge in [0, 0.05) is 22.0 Å². The summed E-state index contributed by atoms with van der Waals surface area (Å²) in [6.07, 6.45) is 2.50. The number of halogens is 2. The summed E-state index contributed by atoms with van der Waals surface area (Å²) in [7, 11) is 0. The molecule has 1 aromatic carbocycles. The van der Waals surface area contributed by atoms with E-state index in [1.807, 2.05) is 19.1 Å². The smallest absolute Gasteiger partial charge is 0.226 e. The highest BCUT2D eigenvalue weighted by atomic mass is 35.5. The van der Waals surface area contributed by atoms with Gasteiger partial charge >= 0.3 is 0 Å². The van der Waals surface area contributed by atoms with Crippen LogP contribution in [0.1, 0.15) is 25.3 Å². The van der Waals surface area contributed by atoms with Crippen molar-refractivity contribution in [3.05, 3.63) is 33.8 Å². The van der Waals surface area contributed by atoms with Crippen molar-refractivity contribution in [2.45, 2.75) is 26.2 Å². The topological polar surface area (TPSA) is 41.1 Å². The molecule has 1 heterocycles. The molecule has 0 aromatic heterocycles. The Hall–Kier alpha value is -0.770. The molecule has 1 amide bonds. The van der Waals surface area contributed by atoms with Crippen LogP contribution in [0.25, 0.3) is 0 Å². The minimum Gasteiger partial charge on any atom is -0.355 e. The lowest BCUT2D eigenvalue weighted by atomic mass is 9.80. The Kier molecular flexibility index (Phi) is 5.30. The highest BCUT2D eigenvalue weighted by Crippen LogP contribution is 2.28. The fourth-order valence-corrected chi connectivity index (χ4v) is 2.96.